The quantitative estimate of drug-likeness (QED) is 0.356. The van der Waals surface area contributed by atoms with Gasteiger partial charge in [-0.15, -0.1) is 0 Å². The summed E-state index contributed by atoms with van der Waals surface area (Å²) in [5.41, 5.74) is -0.683. The van der Waals surface area contributed by atoms with Crippen molar-refractivity contribution in [1.29, 1.82) is 0 Å². The average molecular weight is 431 g/mol. The minimum Gasteiger partial charge on any atom is -0.481 e. The van der Waals surface area contributed by atoms with E-state index in [9.17, 15) is 22.0 Å². The van der Waals surface area contributed by atoms with Crippen molar-refractivity contribution in [2.75, 3.05) is 11.8 Å². The van der Waals surface area contributed by atoms with E-state index in [0.29, 0.717) is 28.1 Å². The fraction of sp³-hybridized carbons (Fsp3) is 0.211. The van der Waals surface area contributed by atoms with Gasteiger partial charge in [0.2, 0.25) is 5.88 Å². The van der Waals surface area contributed by atoms with Crippen molar-refractivity contribution in [3.63, 3.8) is 0 Å². The topological polar surface area (TPSA) is 49.9 Å². The molecule has 3 aromatic rings. The Kier molecular flexibility index (Phi) is 7.49. The van der Waals surface area contributed by atoms with Crippen LogP contribution >= 0.6 is 11.9 Å². The van der Waals surface area contributed by atoms with E-state index in [1.165, 1.54) is 7.11 Å². The van der Waals surface area contributed by atoms with Gasteiger partial charge in [-0.3, -0.25) is 0 Å². The Hall–Kier alpha value is -2.75. The summed E-state index contributed by atoms with van der Waals surface area (Å²) in [4.78, 5) is 7.66. The van der Waals surface area contributed by atoms with Crippen LogP contribution in [-0.2, 0) is 6.18 Å². The first-order valence-electron chi connectivity index (χ1n) is 8.46. The second kappa shape index (κ2) is 9.64. The first kappa shape index (κ1) is 22.5. The van der Waals surface area contributed by atoms with Crippen molar-refractivity contribution >= 4 is 17.6 Å². The highest BCUT2D eigenvalue weighted by Gasteiger charge is 2.35. The smallest absolute Gasteiger partial charge is 0.419 e. The Balaban J connectivity index is 0.00000145. The van der Waals surface area contributed by atoms with E-state index in [4.69, 9.17) is 4.74 Å². The minimum atomic E-state index is -4.96. The lowest BCUT2D eigenvalue weighted by atomic mass is 10.2. The van der Waals surface area contributed by atoms with E-state index < -0.39 is 29.1 Å². The van der Waals surface area contributed by atoms with Crippen LogP contribution in [0.3, 0.4) is 0 Å². The lowest BCUT2D eigenvalue weighted by Crippen LogP contribution is -2.09. The summed E-state index contributed by atoms with van der Waals surface area (Å²) in [5, 5.41) is 0. The Morgan fingerprint density at radius 2 is 1.83 bits per heavy atom. The highest BCUT2D eigenvalue weighted by molar-refractivity contribution is 8.00. The molecule has 0 atom stereocenters. The van der Waals surface area contributed by atoms with Gasteiger partial charge in [0, 0.05) is 23.4 Å². The van der Waals surface area contributed by atoms with Crippen LogP contribution in [0.25, 0.3) is 11.3 Å². The molecule has 2 aromatic heterocycles. The SMILES string of the molecule is CC.COc1ncccc1-c1cc(SNc2cc(F)c(C(F)(F)F)cc2F)c[nH]1. The Morgan fingerprint density at radius 1 is 1.10 bits per heavy atom. The zero-order chi connectivity index (χ0) is 21.6. The van der Waals surface area contributed by atoms with Gasteiger partial charge in [-0.05, 0) is 36.2 Å². The zero-order valence-corrected chi connectivity index (χ0v) is 16.5. The molecule has 156 valence electrons. The van der Waals surface area contributed by atoms with Crippen LogP contribution in [0.2, 0.25) is 0 Å². The molecule has 2 N–H and O–H groups in total. The molecule has 0 bridgehead atoms. The number of methoxy groups -OCH3 is 1. The summed E-state index contributed by atoms with van der Waals surface area (Å²) in [5.74, 6) is -2.36. The van der Waals surface area contributed by atoms with Crippen LogP contribution in [0.5, 0.6) is 5.88 Å². The molecular formula is C19H18F5N3OS. The van der Waals surface area contributed by atoms with Crippen molar-refractivity contribution in [3.05, 3.63) is 59.9 Å². The van der Waals surface area contributed by atoms with Gasteiger partial charge in [0.25, 0.3) is 0 Å². The third-order valence-electron chi connectivity index (χ3n) is 3.55. The molecule has 0 spiro atoms. The lowest BCUT2D eigenvalue weighted by molar-refractivity contribution is -0.140. The van der Waals surface area contributed by atoms with Crippen LogP contribution in [0.15, 0.2) is 47.6 Å². The number of H-pyrrole nitrogens is 1. The van der Waals surface area contributed by atoms with Crippen molar-refractivity contribution in [1.82, 2.24) is 9.97 Å². The monoisotopic (exact) mass is 431 g/mol. The van der Waals surface area contributed by atoms with E-state index in [1.807, 2.05) is 13.8 Å². The number of hydrogen-bond acceptors (Lipinski definition) is 4. The highest BCUT2D eigenvalue weighted by atomic mass is 32.2. The summed E-state index contributed by atoms with van der Waals surface area (Å²) in [6, 6.07) is 5.81. The number of rotatable bonds is 5. The van der Waals surface area contributed by atoms with E-state index in [-0.39, 0.29) is 6.07 Å². The number of halogens is 5. The van der Waals surface area contributed by atoms with Gasteiger partial charge in [-0.2, -0.15) is 13.2 Å². The van der Waals surface area contributed by atoms with Crippen molar-refractivity contribution in [3.8, 4) is 17.1 Å². The normalized spacial score (nSPS) is 10.9. The molecule has 0 aliphatic rings. The standard InChI is InChI=1S/C17H12F5N3OS.C2H6/c1-26-16-10(3-2-4-23-16)14-5-9(8-24-14)27-25-15-7-12(18)11(6-13(15)19)17(20,21)22;1-2/h2-8,24-25H,1H3;1-2H3. The van der Waals surface area contributed by atoms with E-state index in [0.717, 1.165) is 11.9 Å². The summed E-state index contributed by atoms with van der Waals surface area (Å²) in [6.07, 6.45) is -1.79. The number of ether oxygens (including phenoxy) is 1. The summed E-state index contributed by atoms with van der Waals surface area (Å²) >= 11 is 0.908. The van der Waals surface area contributed by atoms with E-state index in [2.05, 4.69) is 14.7 Å². The number of anilines is 1. The first-order chi connectivity index (χ1) is 13.8. The van der Waals surface area contributed by atoms with Gasteiger partial charge in [-0.1, -0.05) is 13.8 Å². The number of aromatic nitrogens is 2. The summed E-state index contributed by atoms with van der Waals surface area (Å²) < 4.78 is 72.9. The Bertz CT molecular complexity index is 959. The van der Waals surface area contributed by atoms with Gasteiger partial charge in [-0.25, -0.2) is 13.8 Å². The number of nitrogens with one attached hydrogen (secondary N) is 2. The predicted molar refractivity (Wildman–Crippen MR) is 103 cm³/mol. The van der Waals surface area contributed by atoms with Gasteiger partial charge >= 0.3 is 6.18 Å². The van der Waals surface area contributed by atoms with Crippen LogP contribution in [-0.4, -0.2) is 17.1 Å². The minimum absolute atomic E-state index is 0.126. The molecule has 0 saturated carbocycles. The molecule has 2 heterocycles. The fourth-order valence-corrected chi connectivity index (χ4v) is 2.98. The highest BCUT2D eigenvalue weighted by Crippen LogP contribution is 2.35. The molecule has 1 aromatic carbocycles. The molecule has 0 saturated heterocycles. The number of hydrogen-bond donors (Lipinski definition) is 2. The van der Waals surface area contributed by atoms with Crippen LogP contribution in [0, 0.1) is 11.6 Å². The van der Waals surface area contributed by atoms with Crippen molar-refractivity contribution in [2.24, 2.45) is 0 Å². The maximum Gasteiger partial charge on any atom is 0.419 e. The van der Waals surface area contributed by atoms with Crippen molar-refractivity contribution in [2.45, 2.75) is 24.9 Å². The molecule has 10 heteroatoms. The first-order valence-corrected chi connectivity index (χ1v) is 9.28. The Morgan fingerprint density at radius 3 is 2.48 bits per heavy atom. The third-order valence-corrected chi connectivity index (χ3v) is 4.35. The summed E-state index contributed by atoms with van der Waals surface area (Å²) in [7, 11) is 1.48. The lowest BCUT2D eigenvalue weighted by Gasteiger charge is -2.11. The number of nitrogens with zero attached hydrogens (tertiary/aromatic N) is 1. The van der Waals surface area contributed by atoms with Crippen LogP contribution < -0.4 is 9.46 Å². The fourth-order valence-electron chi connectivity index (χ4n) is 2.30. The molecule has 0 unspecified atom stereocenters. The molecule has 0 amide bonds. The van der Waals surface area contributed by atoms with Gasteiger partial charge in [0.15, 0.2) is 0 Å². The molecule has 4 nitrogen and oxygen atoms in total. The second-order valence-corrected chi connectivity index (χ2v) is 6.20. The summed E-state index contributed by atoms with van der Waals surface area (Å²) in [6.45, 7) is 4.00. The number of aromatic amines is 1. The van der Waals surface area contributed by atoms with Gasteiger partial charge < -0.3 is 14.4 Å². The maximum atomic E-state index is 13.9. The number of alkyl halides is 3. The molecule has 0 fully saturated rings. The largest absolute Gasteiger partial charge is 0.481 e. The predicted octanol–water partition coefficient (Wildman–Crippen LogP) is 6.53. The second-order valence-electron chi connectivity index (χ2n) is 5.32. The zero-order valence-electron chi connectivity index (χ0n) is 15.7. The van der Waals surface area contributed by atoms with Gasteiger partial charge in [0.1, 0.15) is 11.6 Å². The Labute approximate surface area is 168 Å². The van der Waals surface area contributed by atoms with E-state index in [1.54, 1.807) is 30.6 Å². The molecule has 0 aliphatic carbocycles. The number of benzene rings is 1. The molecule has 29 heavy (non-hydrogen) atoms. The van der Waals surface area contributed by atoms with Crippen LogP contribution in [0.4, 0.5) is 27.6 Å². The van der Waals surface area contributed by atoms with Gasteiger partial charge in [0.05, 0.1) is 29.6 Å². The molecule has 3 rings (SSSR count). The molecular weight excluding hydrogens is 413 g/mol. The average Bonchev–Trinajstić information content (AvgIpc) is 3.17. The van der Waals surface area contributed by atoms with Crippen molar-refractivity contribution < 1.29 is 26.7 Å². The van der Waals surface area contributed by atoms with Crippen LogP contribution in [0.1, 0.15) is 19.4 Å². The van der Waals surface area contributed by atoms with E-state index >= 15 is 0 Å². The molecule has 0 radical (unpaired) electrons. The number of pyridine rings is 1. The maximum absolute atomic E-state index is 13.9. The third kappa shape index (κ3) is 5.41. The molecule has 0 aliphatic heterocycles.